The van der Waals surface area contributed by atoms with E-state index in [0.29, 0.717) is 17.7 Å². The Bertz CT molecular complexity index is 1820. The lowest BCUT2D eigenvalue weighted by atomic mass is 10.0. The SMILES string of the molecule is CCCCCCCCCCCCCCCCNS(=O)(=O)c1ccc(S(=O)(=O)NN=c2sc3ccc(S(=O)(=O)C(F)F)cc3n2C)cc1. The van der Waals surface area contributed by atoms with Crippen LogP contribution >= 0.6 is 11.3 Å². The topological polar surface area (TPSA) is 144 Å². The van der Waals surface area contributed by atoms with Crippen LogP contribution in [0.1, 0.15) is 96.8 Å². The van der Waals surface area contributed by atoms with Gasteiger partial charge in [0.1, 0.15) is 0 Å². The molecule has 0 aliphatic rings. The number of aryl methyl sites for hydroxylation is 1. The first-order valence-electron chi connectivity index (χ1n) is 16.1. The van der Waals surface area contributed by atoms with Gasteiger partial charge in [0.25, 0.3) is 10.0 Å². The van der Waals surface area contributed by atoms with Crippen molar-refractivity contribution in [3.63, 3.8) is 0 Å². The Morgan fingerprint density at radius 1 is 0.702 bits per heavy atom. The molecule has 0 bridgehead atoms. The summed E-state index contributed by atoms with van der Waals surface area (Å²) in [7, 11) is -11.3. The highest BCUT2D eigenvalue weighted by Crippen LogP contribution is 2.24. The number of aromatic nitrogens is 1. The molecule has 0 spiro atoms. The number of fused-ring (bicyclic) bond motifs is 1. The number of sulfonamides is 2. The van der Waals surface area contributed by atoms with E-state index in [0.717, 1.165) is 54.9 Å². The molecule has 264 valence electrons. The Kier molecular flexibility index (Phi) is 15.3. The summed E-state index contributed by atoms with van der Waals surface area (Å²) >= 11 is 1.01. The molecule has 0 unspecified atom stereocenters. The molecule has 3 rings (SSSR count). The molecule has 16 heteroatoms. The van der Waals surface area contributed by atoms with E-state index < -0.39 is 40.5 Å². The number of sulfone groups is 1. The van der Waals surface area contributed by atoms with Crippen LogP contribution in [-0.4, -0.2) is 42.1 Å². The van der Waals surface area contributed by atoms with Crippen LogP contribution in [-0.2, 0) is 36.9 Å². The molecule has 1 aromatic heterocycles. The number of nitrogens with zero attached hydrogens (tertiary/aromatic N) is 2. The van der Waals surface area contributed by atoms with E-state index in [1.165, 1.54) is 94.0 Å². The van der Waals surface area contributed by atoms with E-state index in [9.17, 15) is 34.0 Å². The van der Waals surface area contributed by atoms with Crippen molar-refractivity contribution in [3.8, 4) is 0 Å². The fraction of sp³-hybridized carbons (Fsp3) is 0.581. The summed E-state index contributed by atoms with van der Waals surface area (Å²) in [5.41, 5.74) is 0.269. The number of unbranched alkanes of at least 4 members (excludes halogenated alkanes) is 13. The van der Waals surface area contributed by atoms with E-state index in [2.05, 4.69) is 21.6 Å². The van der Waals surface area contributed by atoms with Gasteiger partial charge >= 0.3 is 5.76 Å². The molecule has 0 aliphatic carbocycles. The van der Waals surface area contributed by atoms with Gasteiger partial charge in [-0.2, -0.15) is 22.0 Å². The van der Waals surface area contributed by atoms with Crippen LogP contribution in [0.3, 0.4) is 0 Å². The molecule has 0 fully saturated rings. The highest BCUT2D eigenvalue weighted by atomic mass is 32.2. The van der Waals surface area contributed by atoms with Crippen LogP contribution in [0, 0.1) is 0 Å². The molecule has 2 N–H and O–H groups in total. The number of benzene rings is 2. The predicted octanol–water partition coefficient (Wildman–Crippen LogP) is 6.79. The van der Waals surface area contributed by atoms with E-state index >= 15 is 0 Å². The highest BCUT2D eigenvalue weighted by Gasteiger charge is 2.27. The van der Waals surface area contributed by atoms with Crippen molar-refractivity contribution in [2.75, 3.05) is 6.54 Å². The Labute approximate surface area is 281 Å². The Morgan fingerprint density at radius 2 is 1.17 bits per heavy atom. The molecule has 3 aromatic rings. The number of halogens is 2. The summed E-state index contributed by atoms with van der Waals surface area (Å²) in [5, 5.41) is 3.91. The van der Waals surface area contributed by atoms with Gasteiger partial charge in [0.2, 0.25) is 24.7 Å². The molecule has 0 amide bonds. The highest BCUT2D eigenvalue weighted by molar-refractivity contribution is 7.91. The number of alkyl halides is 2. The van der Waals surface area contributed by atoms with E-state index in [4.69, 9.17) is 0 Å². The number of hydrogen-bond acceptors (Lipinski definition) is 8. The maximum absolute atomic E-state index is 13.0. The van der Waals surface area contributed by atoms with Gasteiger partial charge in [-0.05, 0) is 48.9 Å². The second-order valence-corrected chi connectivity index (χ2v) is 17.9. The van der Waals surface area contributed by atoms with Crippen molar-refractivity contribution < 1.29 is 34.0 Å². The van der Waals surface area contributed by atoms with Gasteiger partial charge in [-0.15, -0.1) is 5.10 Å². The van der Waals surface area contributed by atoms with Gasteiger partial charge in [-0.1, -0.05) is 102 Å². The summed E-state index contributed by atoms with van der Waals surface area (Å²) < 4.78 is 105. The average Bonchev–Trinajstić information content (AvgIpc) is 3.36. The molecule has 47 heavy (non-hydrogen) atoms. The number of rotatable bonds is 22. The number of hydrogen-bond donors (Lipinski definition) is 2. The fourth-order valence-electron chi connectivity index (χ4n) is 5.05. The minimum absolute atomic E-state index is 0.0655. The molecular weight excluding hydrogens is 691 g/mol. The molecule has 0 atom stereocenters. The van der Waals surface area contributed by atoms with Gasteiger partial charge in [0.05, 0.1) is 24.9 Å². The van der Waals surface area contributed by atoms with Crippen molar-refractivity contribution in [1.82, 2.24) is 14.1 Å². The first kappa shape index (κ1) is 39.0. The molecular formula is C31H46F2N4O6S4. The third-order valence-corrected chi connectivity index (χ3v) is 13.1. The molecule has 0 aliphatic heterocycles. The number of thiazole rings is 1. The third-order valence-electron chi connectivity index (χ3n) is 7.87. The first-order chi connectivity index (χ1) is 22.3. The Balaban J connectivity index is 1.45. The molecule has 0 saturated heterocycles. The lowest BCUT2D eigenvalue weighted by molar-refractivity contribution is 0.235. The number of nitrogens with one attached hydrogen (secondary N) is 2. The Morgan fingerprint density at radius 3 is 1.68 bits per heavy atom. The lowest BCUT2D eigenvalue weighted by Gasteiger charge is -2.08. The molecule has 2 aromatic carbocycles. The quantitative estimate of drug-likeness (QED) is 0.0859. The second kappa shape index (κ2) is 18.4. The smallest absolute Gasteiger partial charge is 0.318 e. The maximum Gasteiger partial charge on any atom is 0.341 e. The minimum atomic E-state index is -4.81. The van der Waals surface area contributed by atoms with Crippen molar-refractivity contribution >= 4 is 51.4 Å². The van der Waals surface area contributed by atoms with Gasteiger partial charge in [0, 0.05) is 13.6 Å². The van der Waals surface area contributed by atoms with Gasteiger partial charge in [0.15, 0.2) is 0 Å². The normalized spacial score (nSPS) is 13.2. The van der Waals surface area contributed by atoms with E-state index in [1.807, 2.05) is 0 Å². The largest absolute Gasteiger partial charge is 0.341 e. The zero-order valence-corrected chi connectivity index (χ0v) is 30.2. The first-order valence-corrected chi connectivity index (χ1v) is 21.4. The van der Waals surface area contributed by atoms with Crippen LogP contribution in [0.4, 0.5) is 8.78 Å². The zero-order chi connectivity index (χ0) is 34.5. The third kappa shape index (κ3) is 11.6. The van der Waals surface area contributed by atoms with Crippen molar-refractivity contribution in [3.05, 3.63) is 47.3 Å². The van der Waals surface area contributed by atoms with Crippen LogP contribution < -0.4 is 14.4 Å². The molecule has 10 nitrogen and oxygen atoms in total. The van der Waals surface area contributed by atoms with Crippen LogP contribution in [0.25, 0.3) is 10.2 Å². The maximum atomic E-state index is 13.0. The summed E-state index contributed by atoms with van der Waals surface area (Å²) in [6.45, 7) is 2.53. The van der Waals surface area contributed by atoms with Gasteiger partial charge < -0.3 is 4.57 Å². The van der Waals surface area contributed by atoms with Crippen molar-refractivity contribution in [2.45, 2.75) is 117 Å². The fourth-order valence-corrected chi connectivity index (χ4v) is 8.69. The summed E-state index contributed by atoms with van der Waals surface area (Å²) in [4.78, 5) is 1.36. The van der Waals surface area contributed by atoms with Crippen LogP contribution in [0.2, 0.25) is 0 Å². The zero-order valence-electron chi connectivity index (χ0n) is 27.0. The van der Waals surface area contributed by atoms with Crippen molar-refractivity contribution in [1.29, 1.82) is 0 Å². The second-order valence-electron chi connectivity index (χ2n) is 11.6. The van der Waals surface area contributed by atoms with Crippen LogP contribution in [0.15, 0.2) is 62.3 Å². The monoisotopic (exact) mass is 736 g/mol. The Hall–Kier alpha value is -2.40. The van der Waals surface area contributed by atoms with E-state index in [1.54, 1.807) is 0 Å². The minimum Gasteiger partial charge on any atom is -0.318 e. The van der Waals surface area contributed by atoms with E-state index in [-0.39, 0.29) is 20.1 Å². The average molecular weight is 737 g/mol. The summed E-state index contributed by atoms with van der Waals surface area (Å²) in [6, 6.07) is 8.19. The summed E-state index contributed by atoms with van der Waals surface area (Å²) in [6.07, 6.45) is 16.9. The predicted molar refractivity (Wildman–Crippen MR) is 182 cm³/mol. The lowest BCUT2D eigenvalue weighted by Crippen LogP contribution is -2.25. The molecule has 0 radical (unpaired) electrons. The standard InChI is InChI=1S/C31H46F2N4O6S4/c1-3-4-5-6-7-8-9-10-11-12-13-14-15-16-23-34-46(40,41)25-17-19-26(20-18-25)47(42,43)36-35-31-37(2)28-24-27(21-22-29(28)44-31)45(38,39)30(32)33/h17-22,24,30,34,36H,3-16,23H2,1-2H3. The van der Waals surface area contributed by atoms with Gasteiger partial charge in [-0.3, -0.25) is 0 Å². The van der Waals surface area contributed by atoms with Crippen molar-refractivity contribution in [2.24, 2.45) is 12.1 Å². The van der Waals surface area contributed by atoms with Gasteiger partial charge in [-0.25, -0.2) is 21.6 Å². The summed E-state index contributed by atoms with van der Waals surface area (Å²) in [5.74, 6) is -3.58. The molecule has 0 saturated carbocycles. The molecule has 1 heterocycles. The van der Waals surface area contributed by atoms with Crippen LogP contribution in [0.5, 0.6) is 0 Å².